The number of carbonyl (C=O) groups is 5. The first-order valence-corrected chi connectivity index (χ1v) is 23.8. The Balaban J connectivity index is 1.26. The zero-order chi connectivity index (χ0) is 47.7. The number of likely N-dealkylation sites (N-methyl/N-ethyl adjacent to an activating group) is 1. The number of ether oxygens (including phenoxy) is 2. The number of likely N-dealkylation sites (tertiary alicyclic amines) is 1. The van der Waals surface area contributed by atoms with E-state index in [9.17, 15) is 24.0 Å². The van der Waals surface area contributed by atoms with Gasteiger partial charge >= 0.3 is 5.97 Å². The lowest BCUT2D eigenvalue weighted by Gasteiger charge is -2.40. The van der Waals surface area contributed by atoms with E-state index in [1.165, 1.54) is 28.3 Å². The minimum Gasteiger partial charge on any atom is -0.464 e. The van der Waals surface area contributed by atoms with Crippen molar-refractivity contribution in [2.45, 2.75) is 117 Å². The number of hydrogen-bond donors (Lipinski definition) is 2. The molecule has 1 aromatic carbocycles. The standard InChI is InChI=1S/C49H63FN8O7S/c1-10-40(59)56-22-18-49(50,19-23-56)47(63)55(8)42(29(3)4)44(60)53-36-25-39-52-37(27-66-39)31-16-17-38-33(24-31)34(43(57(38)11-2)32-14-12-20-51-41(32)30(5)64-9)26-48(6,7)28-65-46(62)35-15-13-21-58(54-35)45(36)61/h10,12,14,16-17,20,24,27,29-30,35-36,42,54H,1,11,13,15,18-19,21-23,25-26,28H2,2-9H3,(H,53,60)/t30-,35-,36-,42-/m0/s1. The van der Waals surface area contributed by atoms with Crippen LogP contribution in [-0.4, -0.2) is 123 Å². The average molecular weight is 927 g/mol. The summed E-state index contributed by atoms with van der Waals surface area (Å²) in [5.41, 5.74) is 6.73. The normalized spacial score (nSPS) is 20.9. The highest BCUT2D eigenvalue weighted by Gasteiger charge is 2.47. The van der Waals surface area contributed by atoms with Gasteiger partial charge in [0.2, 0.25) is 11.8 Å². The molecule has 66 heavy (non-hydrogen) atoms. The van der Waals surface area contributed by atoms with Crippen LogP contribution in [0, 0.1) is 11.3 Å². The number of hydrazine groups is 1. The third kappa shape index (κ3) is 9.79. The molecule has 2 saturated heterocycles. The highest BCUT2D eigenvalue weighted by Crippen LogP contribution is 2.42. The van der Waals surface area contributed by atoms with Crippen molar-refractivity contribution in [1.82, 2.24) is 40.1 Å². The summed E-state index contributed by atoms with van der Waals surface area (Å²) in [4.78, 5) is 81.4. The fourth-order valence-corrected chi connectivity index (χ4v) is 10.5. The first-order valence-electron chi connectivity index (χ1n) is 22.9. The SMILES string of the molecule is C=CC(=O)N1CCC(F)(C(=O)N(C)[C@H](C(=O)N[C@H]2Cc3nc(cs3)-c3ccc4c(c3)c(c(-c3cccnc3[C@H](C)OC)n4CC)CC(C)(C)COC(=O)[C@@H]3CCCN(N3)C2=O)C(C)C)CC1. The van der Waals surface area contributed by atoms with E-state index in [2.05, 4.69) is 60.9 Å². The number of nitrogens with zero attached hydrogens (tertiary/aromatic N) is 6. The zero-order valence-corrected chi connectivity index (χ0v) is 40.1. The lowest BCUT2D eigenvalue weighted by atomic mass is 9.84. The topological polar surface area (TPSA) is 168 Å². The Morgan fingerprint density at radius 1 is 1.15 bits per heavy atom. The monoisotopic (exact) mass is 926 g/mol. The Hall–Kier alpha value is -5.52. The second-order valence-electron chi connectivity index (χ2n) is 18.9. The molecule has 0 unspecified atom stereocenters. The van der Waals surface area contributed by atoms with E-state index >= 15 is 4.39 Å². The van der Waals surface area contributed by atoms with Gasteiger partial charge in [-0.3, -0.25) is 34.0 Å². The first-order chi connectivity index (χ1) is 31.4. The van der Waals surface area contributed by atoms with Crippen LogP contribution in [0.15, 0.2) is 54.6 Å². The van der Waals surface area contributed by atoms with E-state index in [4.69, 9.17) is 19.4 Å². The lowest BCUT2D eigenvalue weighted by molar-refractivity contribution is -0.156. The fraction of sp³-hybridized carbons (Fsp3) is 0.531. The molecule has 3 aromatic heterocycles. The Labute approximate surface area is 390 Å². The van der Waals surface area contributed by atoms with Gasteiger partial charge in [-0.15, -0.1) is 11.3 Å². The van der Waals surface area contributed by atoms with Gasteiger partial charge in [-0.25, -0.2) is 14.8 Å². The molecule has 3 aliphatic rings. The molecule has 0 aliphatic carbocycles. The summed E-state index contributed by atoms with van der Waals surface area (Å²) in [7, 11) is 3.07. The molecule has 2 fully saturated rings. The summed E-state index contributed by atoms with van der Waals surface area (Å²) in [6, 6.07) is 7.15. The van der Waals surface area contributed by atoms with Crippen molar-refractivity contribution >= 4 is 51.8 Å². The van der Waals surface area contributed by atoms with Crippen molar-refractivity contribution < 1.29 is 37.8 Å². The molecule has 4 amide bonds. The molecule has 6 heterocycles. The van der Waals surface area contributed by atoms with Crippen LogP contribution < -0.4 is 10.7 Å². The number of aromatic nitrogens is 3. The number of fused-ring (bicyclic) bond motifs is 6. The van der Waals surface area contributed by atoms with Crippen LogP contribution in [0.1, 0.15) is 89.6 Å². The Morgan fingerprint density at radius 2 is 1.89 bits per heavy atom. The molecule has 2 N–H and O–H groups in total. The third-order valence-electron chi connectivity index (χ3n) is 13.2. The number of thiazole rings is 1. The quantitative estimate of drug-likeness (QED) is 0.138. The number of benzene rings is 1. The second kappa shape index (κ2) is 19.8. The minimum atomic E-state index is -2.29. The van der Waals surface area contributed by atoms with Crippen LogP contribution in [0.4, 0.5) is 4.39 Å². The predicted molar refractivity (Wildman–Crippen MR) is 251 cm³/mol. The molecule has 0 spiro atoms. The number of hydrogen-bond acceptors (Lipinski definition) is 11. The lowest BCUT2D eigenvalue weighted by Crippen LogP contribution is -2.63. The Kier molecular flexibility index (Phi) is 14.5. The summed E-state index contributed by atoms with van der Waals surface area (Å²) in [6.45, 7) is 16.4. The highest BCUT2D eigenvalue weighted by molar-refractivity contribution is 7.10. The number of alkyl halides is 1. The van der Waals surface area contributed by atoms with Crippen molar-refractivity contribution in [3.63, 3.8) is 0 Å². The van der Waals surface area contributed by atoms with Gasteiger partial charge in [0, 0.05) is 98.6 Å². The molecule has 15 nitrogen and oxygen atoms in total. The number of methoxy groups -OCH3 is 1. The number of pyridine rings is 1. The number of aryl methyl sites for hydroxylation is 1. The number of amides is 4. The van der Waals surface area contributed by atoms with Gasteiger partial charge in [-0.1, -0.05) is 40.3 Å². The molecule has 354 valence electrons. The molecule has 3 aliphatic heterocycles. The van der Waals surface area contributed by atoms with Gasteiger partial charge in [0.1, 0.15) is 18.1 Å². The summed E-state index contributed by atoms with van der Waals surface area (Å²) < 4.78 is 30.6. The third-order valence-corrected chi connectivity index (χ3v) is 14.1. The summed E-state index contributed by atoms with van der Waals surface area (Å²) >= 11 is 1.36. The van der Waals surface area contributed by atoms with Crippen molar-refractivity contribution in [2.75, 3.05) is 40.4 Å². The predicted octanol–water partition coefficient (Wildman–Crippen LogP) is 6.20. The van der Waals surface area contributed by atoms with Crippen LogP contribution >= 0.6 is 11.3 Å². The summed E-state index contributed by atoms with van der Waals surface area (Å²) in [5, 5.41) is 7.83. The van der Waals surface area contributed by atoms with E-state index < -0.39 is 58.8 Å². The van der Waals surface area contributed by atoms with Gasteiger partial charge in [-0.05, 0) is 74.9 Å². The molecule has 4 atom stereocenters. The van der Waals surface area contributed by atoms with E-state index in [-0.39, 0.29) is 57.5 Å². The maximum absolute atomic E-state index is 16.4. The number of halogens is 1. The van der Waals surface area contributed by atoms with Gasteiger partial charge in [0.25, 0.3) is 11.8 Å². The fourth-order valence-electron chi connectivity index (χ4n) is 9.61. The van der Waals surface area contributed by atoms with Crippen LogP contribution in [0.5, 0.6) is 0 Å². The number of piperidine rings is 1. The maximum atomic E-state index is 16.4. The number of rotatable bonds is 10. The van der Waals surface area contributed by atoms with Crippen LogP contribution in [0.3, 0.4) is 0 Å². The van der Waals surface area contributed by atoms with E-state index in [1.807, 2.05) is 24.4 Å². The van der Waals surface area contributed by atoms with Gasteiger partial charge in [0.05, 0.1) is 34.8 Å². The molecule has 17 heteroatoms. The minimum absolute atomic E-state index is 0.00470. The maximum Gasteiger partial charge on any atom is 0.324 e. The van der Waals surface area contributed by atoms with Crippen LogP contribution in [0.2, 0.25) is 0 Å². The molecule has 4 aromatic rings. The zero-order valence-electron chi connectivity index (χ0n) is 39.3. The van der Waals surface area contributed by atoms with E-state index in [1.54, 1.807) is 27.2 Å². The molecular formula is C49H63FN8O7S. The smallest absolute Gasteiger partial charge is 0.324 e. The van der Waals surface area contributed by atoms with Crippen molar-refractivity contribution in [2.24, 2.45) is 11.3 Å². The second-order valence-corrected chi connectivity index (χ2v) is 19.8. The van der Waals surface area contributed by atoms with Gasteiger partial charge in [-0.2, -0.15) is 0 Å². The highest BCUT2D eigenvalue weighted by atomic mass is 32.1. The molecule has 6 bridgehead atoms. The molecule has 7 rings (SSSR count). The number of nitrogens with one attached hydrogen (secondary N) is 2. The number of esters is 1. The number of carbonyl (C=O) groups excluding carboxylic acids is 5. The van der Waals surface area contributed by atoms with Crippen LogP contribution in [0.25, 0.3) is 33.4 Å². The van der Waals surface area contributed by atoms with Crippen molar-refractivity contribution in [1.29, 1.82) is 0 Å². The first kappa shape index (κ1) is 48.4. The molecule has 0 radical (unpaired) electrons. The van der Waals surface area contributed by atoms with E-state index in [0.717, 1.165) is 50.0 Å². The summed E-state index contributed by atoms with van der Waals surface area (Å²) in [5.74, 6) is -3.30. The molecular weight excluding hydrogens is 864 g/mol. The Bertz CT molecular complexity index is 2490. The van der Waals surface area contributed by atoms with Crippen molar-refractivity contribution in [3.05, 3.63) is 70.8 Å². The average Bonchev–Trinajstić information content (AvgIpc) is 3.90. The van der Waals surface area contributed by atoms with E-state index in [0.29, 0.717) is 36.5 Å². The summed E-state index contributed by atoms with van der Waals surface area (Å²) in [6.07, 6.45) is 3.70. The molecule has 0 saturated carbocycles. The van der Waals surface area contributed by atoms with Crippen molar-refractivity contribution in [3.8, 4) is 22.5 Å². The Morgan fingerprint density at radius 3 is 2.58 bits per heavy atom. The van der Waals surface area contributed by atoms with Gasteiger partial charge < -0.3 is 29.2 Å². The largest absolute Gasteiger partial charge is 0.464 e. The van der Waals surface area contributed by atoms with Crippen LogP contribution in [-0.2, 0) is 52.8 Å². The number of cyclic esters (lactones) is 1. The van der Waals surface area contributed by atoms with Gasteiger partial charge in [0.15, 0.2) is 5.67 Å².